The lowest BCUT2D eigenvalue weighted by atomic mass is 9.96. The summed E-state index contributed by atoms with van der Waals surface area (Å²) in [6.07, 6.45) is 2.64. The van der Waals surface area contributed by atoms with Gasteiger partial charge in [0.15, 0.2) is 0 Å². The summed E-state index contributed by atoms with van der Waals surface area (Å²) < 4.78 is 0. The van der Waals surface area contributed by atoms with Crippen molar-refractivity contribution in [2.45, 2.75) is 63.1 Å². The second-order valence-corrected chi connectivity index (χ2v) is 9.90. The molecule has 0 bridgehead atoms. The van der Waals surface area contributed by atoms with Crippen molar-refractivity contribution in [1.82, 2.24) is 15.1 Å². The van der Waals surface area contributed by atoms with Crippen molar-refractivity contribution in [3.8, 4) is 0 Å². The van der Waals surface area contributed by atoms with Crippen LogP contribution in [0.2, 0.25) is 0 Å². The van der Waals surface area contributed by atoms with E-state index in [1.807, 2.05) is 17.9 Å². The first-order valence-electron chi connectivity index (χ1n) is 12.6. The van der Waals surface area contributed by atoms with E-state index in [0.29, 0.717) is 24.8 Å². The van der Waals surface area contributed by atoms with Crippen LogP contribution in [0.5, 0.6) is 0 Å². The summed E-state index contributed by atoms with van der Waals surface area (Å²) in [7, 11) is 0. The second kappa shape index (κ2) is 11.2. The number of nitrogens with zero attached hydrogens (tertiary/aromatic N) is 2. The van der Waals surface area contributed by atoms with Gasteiger partial charge in [0.1, 0.15) is 6.04 Å². The van der Waals surface area contributed by atoms with E-state index in [-0.39, 0.29) is 17.9 Å². The van der Waals surface area contributed by atoms with E-state index in [2.05, 4.69) is 64.8 Å². The van der Waals surface area contributed by atoms with Crippen LogP contribution in [0.4, 0.5) is 0 Å². The third-order valence-electron chi connectivity index (χ3n) is 7.42. The summed E-state index contributed by atoms with van der Waals surface area (Å²) in [5.74, 6) is 0.592. The molecular weight excluding hydrogens is 424 g/mol. The topological polar surface area (TPSA) is 78.7 Å². The molecular formula is C28H38N4O2. The van der Waals surface area contributed by atoms with Crippen molar-refractivity contribution in [2.24, 2.45) is 5.73 Å². The van der Waals surface area contributed by atoms with Gasteiger partial charge in [0.05, 0.1) is 6.04 Å². The van der Waals surface area contributed by atoms with Crippen molar-refractivity contribution in [2.75, 3.05) is 26.2 Å². The highest BCUT2D eigenvalue weighted by Gasteiger charge is 2.40. The molecule has 0 spiro atoms. The molecule has 2 aliphatic heterocycles. The van der Waals surface area contributed by atoms with Gasteiger partial charge in [0, 0.05) is 31.6 Å². The van der Waals surface area contributed by atoms with Crippen LogP contribution in [0.1, 0.15) is 56.1 Å². The van der Waals surface area contributed by atoms with Crippen LogP contribution in [0.3, 0.4) is 0 Å². The van der Waals surface area contributed by atoms with Crippen LogP contribution in [-0.4, -0.2) is 65.9 Å². The van der Waals surface area contributed by atoms with Crippen LogP contribution in [0.25, 0.3) is 0 Å². The predicted octanol–water partition coefficient (Wildman–Crippen LogP) is 3.10. The van der Waals surface area contributed by atoms with E-state index < -0.39 is 12.1 Å². The van der Waals surface area contributed by atoms with Gasteiger partial charge in [-0.1, -0.05) is 67.6 Å². The van der Waals surface area contributed by atoms with Gasteiger partial charge in [-0.05, 0) is 49.8 Å². The van der Waals surface area contributed by atoms with Crippen molar-refractivity contribution >= 4 is 11.8 Å². The summed E-state index contributed by atoms with van der Waals surface area (Å²) in [5.41, 5.74) is 8.42. The standard InChI is InChI=1S/C28H38N4O2/c1-3-26(30-27(33)20(2)29)28(34)32-18-24(22-12-8-5-9-13-22)16-25(32)19-31-15-14-23(17-31)21-10-6-4-7-11-21/h4-13,20,23-26H,3,14-19,29H2,1-2H3,(H,30,33)/t20-,23?,24-,25-,26-/m0/s1. The van der Waals surface area contributed by atoms with Gasteiger partial charge in [-0.3, -0.25) is 9.59 Å². The Morgan fingerprint density at radius 1 is 1.00 bits per heavy atom. The highest BCUT2D eigenvalue weighted by Crippen LogP contribution is 2.34. The smallest absolute Gasteiger partial charge is 0.245 e. The third kappa shape index (κ3) is 5.68. The Bertz CT molecular complexity index is 949. The largest absolute Gasteiger partial charge is 0.343 e. The molecule has 2 aromatic carbocycles. The first-order valence-corrected chi connectivity index (χ1v) is 12.6. The summed E-state index contributed by atoms with van der Waals surface area (Å²) >= 11 is 0. The van der Waals surface area contributed by atoms with Crippen molar-refractivity contribution in [3.05, 3.63) is 71.8 Å². The minimum absolute atomic E-state index is 0.0127. The number of benzene rings is 2. The van der Waals surface area contributed by atoms with Crippen molar-refractivity contribution in [1.29, 1.82) is 0 Å². The minimum atomic E-state index is -0.632. The van der Waals surface area contributed by atoms with E-state index in [1.165, 1.54) is 11.1 Å². The molecule has 2 amide bonds. The average molecular weight is 463 g/mol. The van der Waals surface area contributed by atoms with Crippen LogP contribution in [0.15, 0.2) is 60.7 Å². The highest BCUT2D eigenvalue weighted by molar-refractivity contribution is 5.89. The molecule has 0 radical (unpaired) electrons. The Labute approximate surface area is 203 Å². The van der Waals surface area contributed by atoms with Crippen LogP contribution >= 0.6 is 0 Å². The van der Waals surface area contributed by atoms with Gasteiger partial charge < -0.3 is 20.9 Å². The quantitative estimate of drug-likeness (QED) is 0.632. The number of hydrogen-bond acceptors (Lipinski definition) is 4. The van der Waals surface area contributed by atoms with E-state index >= 15 is 0 Å². The molecule has 6 heteroatoms. The summed E-state index contributed by atoms with van der Waals surface area (Å²) in [5, 5.41) is 2.87. The van der Waals surface area contributed by atoms with Gasteiger partial charge in [-0.2, -0.15) is 0 Å². The third-order valence-corrected chi connectivity index (χ3v) is 7.42. The maximum Gasteiger partial charge on any atom is 0.245 e. The first-order chi connectivity index (χ1) is 16.5. The molecule has 2 aromatic rings. The number of carbonyl (C=O) groups is 2. The zero-order valence-corrected chi connectivity index (χ0v) is 20.4. The zero-order valence-electron chi connectivity index (χ0n) is 20.4. The van der Waals surface area contributed by atoms with Crippen LogP contribution in [-0.2, 0) is 9.59 Å². The Hall–Kier alpha value is -2.70. The number of nitrogens with two attached hydrogens (primary N) is 1. The van der Waals surface area contributed by atoms with E-state index in [1.54, 1.807) is 6.92 Å². The molecule has 3 N–H and O–H groups in total. The Balaban J connectivity index is 1.48. The molecule has 2 saturated heterocycles. The van der Waals surface area contributed by atoms with E-state index in [4.69, 9.17) is 5.73 Å². The Morgan fingerprint density at radius 2 is 1.62 bits per heavy atom. The molecule has 0 saturated carbocycles. The molecule has 0 aliphatic carbocycles. The number of hydrogen-bond donors (Lipinski definition) is 2. The number of rotatable bonds is 8. The fourth-order valence-corrected chi connectivity index (χ4v) is 5.46. The molecule has 34 heavy (non-hydrogen) atoms. The lowest BCUT2D eigenvalue weighted by molar-refractivity contribution is -0.137. The lowest BCUT2D eigenvalue weighted by Crippen LogP contribution is -2.54. The predicted molar refractivity (Wildman–Crippen MR) is 135 cm³/mol. The van der Waals surface area contributed by atoms with Crippen molar-refractivity contribution in [3.63, 3.8) is 0 Å². The first kappa shape index (κ1) is 24.4. The van der Waals surface area contributed by atoms with Gasteiger partial charge in [0.2, 0.25) is 11.8 Å². The summed E-state index contributed by atoms with van der Waals surface area (Å²) in [4.78, 5) is 30.4. The number of carbonyl (C=O) groups excluding carboxylic acids is 2. The lowest BCUT2D eigenvalue weighted by Gasteiger charge is -2.31. The van der Waals surface area contributed by atoms with E-state index in [0.717, 1.165) is 32.5 Å². The second-order valence-electron chi connectivity index (χ2n) is 9.90. The van der Waals surface area contributed by atoms with Gasteiger partial charge in [-0.15, -0.1) is 0 Å². The number of likely N-dealkylation sites (tertiary alicyclic amines) is 2. The minimum Gasteiger partial charge on any atom is -0.343 e. The molecule has 2 heterocycles. The van der Waals surface area contributed by atoms with Gasteiger partial charge in [-0.25, -0.2) is 0 Å². The fourth-order valence-electron chi connectivity index (χ4n) is 5.46. The maximum absolute atomic E-state index is 13.6. The number of amides is 2. The van der Waals surface area contributed by atoms with Crippen LogP contribution in [0, 0.1) is 0 Å². The Kier molecular flexibility index (Phi) is 8.01. The van der Waals surface area contributed by atoms with E-state index in [9.17, 15) is 9.59 Å². The highest BCUT2D eigenvalue weighted by atomic mass is 16.2. The van der Waals surface area contributed by atoms with Crippen molar-refractivity contribution < 1.29 is 9.59 Å². The summed E-state index contributed by atoms with van der Waals surface area (Å²) in [6.45, 7) is 7.22. The molecule has 0 aromatic heterocycles. The fraction of sp³-hybridized carbons (Fsp3) is 0.500. The zero-order chi connectivity index (χ0) is 24.1. The molecule has 182 valence electrons. The maximum atomic E-state index is 13.6. The monoisotopic (exact) mass is 462 g/mol. The number of nitrogens with one attached hydrogen (secondary N) is 1. The SMILES string of the molecule is CC[C@H](NC(=O)[C@H](C)N)C(=O)N1C[C@@H](c2ccccc2)C[C@H]1CN1CCC(c2ccccc2)C1. The molecule has 5 atom stereocenters. The molecule has 4 rings (SSSR count). The molecule has 6 nitrogen and oxygen atoms in total. The average Bonchev–Trinajstić information content (AvgIpc) is 3.51. The van der Waals surface area contributed by atoms with Gasteiger partial charge >= 0.3 is 0 Å². The summed E-state index contributed by atoms with van der Waals surface area (Å²) in [6, 6.07) is 20.2. The molecule has 2 aliphatic rings. The van der Waals surface area contributed by atoms with Crippen LogP contribution < -0.4 is 11.1 Å². The Morgan fingerprint density at radius 3 is 2.21 bits per heavy atom. The van der Waals surface area contributed by atoms with Gasteiger partial charge in [0.25, 0.3) is 0 Å². The molecule has 1 unspecified atom stereocenters. The molecule has 2 fully saturated rings. The normalized spacial score (nSPS) is 24.7.